The SMILES string of the molecule is Cc1ccc(OC(=O)COc2ccccc2)cc1. The molecule has 0 spiro atoms. The van der Waals surface area contributed by atoms with Gasteiger partial charge in [0.1, 0.15) is 11.5 Å². The van der Waals surface area contributed by atoms with Crippen molar-refractivity contribution in [2.45, 2.75) is 6.92 Å². The molecule has 0 fully saturated rings. The number of rotatable bonds is 4. The van der Waals surface area contributed by atoms with Crippen molar-refractivity contribution in [3.05, 3.63) is 60.2 Å². The van der Waals surface area contributed by atoms with Crippen LogP contribution in [0.3, 0.4) is 0 Å². The van der Waals surface area contributed by atoms with Crippen LogP contribution in [0.4, 0.5) is 0 Å². The number of aryl methyl sites for hydroxylation is 1. The molecule has 0 aliphatic rings. The van der Waals surface area contributed by atoms with Crippen LogP contribution >= 0.6 is 0 Å². The molecule has 0 unspecified atom stereocenters. The quantitative estimate of drug-likeness (QED) is 0.610. The van der Waals surface area contributed by atoms with Crippen LogP contribution in [-0.4, -0.2) is 12.6 Å². The van der Waals surface area contributed by atoms with E-state index in [0.717, 1.165) is 5.56 Å². The molecule has 18 heavy (non-hydrogen) atoms. The van der Waals surface area contributed by atoms with E-state index in [2.05, 4.69) is 0 Å². The molecule has 3 heteroatoms. The van der Waals surface area contributed by atoms with E-state index < -0.39 is 5.97 Å². The van der Waals surface area contributed by atoms with Crippen LogP contribution in [0.15, 0.2) is 54.6 Å². The van der Waals surface area contributed by atoms with Crippen molar-refractivity contribution in [2.75, 3.05) is 6.61 Å². The van der Waals surface area contributed by atoms with Gasteiger partial charge in [-0.3, -0.25) is 0 Å². The van der Waals surface area contributed by atoms with Crippen molar-refractivity contribution >= 4 is 5.97 Å². The standard InChI is InChI=1S/C15H14O3/c1-12-7-9-14(10-8-12)18-15(16)11-17-13-5-3-2-4-6-13/h2-10H,11H2,1H3. The van der Waals surface area contributed by atoms with Crippen molar-refractivity contribution in [3.63, 3.8) is 0 Å². The molecule has 0 atom stereocenters. The lowest BCUT2D eigenvalue weighted by Gasteiger charge is -2.06. The third-order valence-electron chi connectivity index (χ3n) is 2.35. The summed E-state index contributed by atoms with van der Waals surface area (Å²) < 4.78 is 10.4. The maximum Gasteiger partial charge on any atom is 0.349 e. The molecule has 2 rings (SSSR count). The Hall–Kier alpha value is -2.29. The molecule has 2 aromatic carbocycles. The Balaban J connectivity index is 1.84. The van der Waals surface area contributed by atoms with Gasteiger partial charge in [-0.2, -0.15) is 0 Å². The van der Waals surface area contributed by atoms with Crippen LogP contribution in [0, 0.1) is 6.92 Å². The molecule has 0 radical (unpaired) electrons. The highest BCUT2D eigenvalue weighted by atomic mass is 16.6. The largest absolute Gasteiger partial charge is 0.482 e. The van der Waals surface area contributed by atoms with Crippen LogP contribution < -0.4 is 9.47 Å². The van der Waals surface area contributed by atoms with Gasteiger partial charge in [-0.1, -0.05) is 35.9 Å². The van der Waals surface area contributed by atoms with Gasteiger partial charge in [-0.05, 0) is 31.2 Å². The van der Waals surface area contributed by atoms with Gasteiger partial charge in [0.15, 0.2) is 6.61 Å². The summed E-state index contributed by atoms with van der Waals surface area (Å²) in [5, 5.41) is 0. The predicted octanol–water partition coefficient (Wildman–Crippen LogP) is 2.98. The zero-order valence-corrected chi connectivity index (χ0v) is 10.1. The number of ether oxygens (including phenoxy) is 2. The number of carbonyl (C=O) groups excluding carboxylic acids is 1. The lowest BCUT2D eigenvalue weighted by Crippen LogP contribution is -2.17. The maximum absolute atomic E-state index is 11.5. The van der Waals surface area contributed by atoms with E-state index >= 15 is 0 Å². The van der Waals surface area contributed by atoms with E-state index in [-0.39, 0.29) is 6.61 Å². The van der Waals surface area contributed by atoms with Crippen LogP contribution in [0.1, 0.15) is 5.56 Å². The number of para-hydroxylation sites is 1. The van der Waals surface area contributed by atoms with Crippen LogP contribution in [0.25, 0.3) is 0 Å². The van der Waals surface area contributed by atoms with E-state index in [1.807, 2.05) is 37.3 Å². The zero-order chi connectivity index (χ0) is 12.8. The maximum atomic E-state index is 11.5. The highest BCUT2D eigenvalue weighted by molar-refractivity contribution is 5.73. The Morgan fingerprint density at radius 2 is 1.61 bits per heavy atom. The second kappa shape index (κ2) is 5.87. The average Bonchev–Trinajstić information content (AvgIpc) is 2.40. The Bertz CT molecular complexity index is 503. The van der Waals surface area contributed by atoms with Gasteiger partial charge in [0.25, 0.3) is 0 Å². The highest BCUT2D eigenvalue weighted by Crippen LogP contribution is 2.12. The first-order valence-corrected chi connectivity index (χ1v) is 5.69. The molecule has 0 aromatic heterocycles. The summed E-state index contributed by atoms with van der Waals surface area (Å²) in [6.45, 7) is 1.88. The molecule has 0 aliphatic carbocycles. The van der Waals surface area contributed by atoms with Gasteiger partial charge in [-0.25, -0.2) is 4.79 Å². The van der Waals surface area contributed by atoms with Gasteiger partial charge >= 0.3 is 5.97 Å². The molecular formula is C15H14O3. The number of hydrogen-bond acceptors (Lipinski definition) is 3. The fourth-order valence-electron chi connectivity index (χ4n) is 1.43. The Labute approximate surface area is 106 Å². The number of hydrogen-bond donors (Lipinski definition) is 0. The van der Waals surface area contributed by atoms with E-state index in [4.69, 9.17) is 9.47 Å². The summed E-state index contributed by atoms with van der Waals surface area (Å²) in [6.07, 6.45) is 0. The fourth-order valence-corrected chi connectivity index (χ4v) is 1.43. The lowest BCUT2D eigenvalue weighted by atomic mass is 10.2. The topological polar surface area (TPSA) is 35.5 Å². The van der Waals surface area contributed by atoms with Crippen LogP contribution in [-0.2, 0) is 4.79 Å². The molecule has 92 valence electrons. The van der Waals surface area contributed by atoms with Crippen molar-refractivity contribution in [3.8, 4) is 11.5 Å². The average molecular weight is 242 g/mol. The first-order valence-electron chi connectivity index (χ1n) is 5.69. The van der Waals surface area contributed by atoms with Gasteiger partial charge in [-0.15, -0.1) is 0 Å². The van der Waals surface area contributed by atoms with Gasteiger partial charge in [0.2, 0.25) is 0 Å². The molecule has 2 aromatic rings. The summed E-state index contributed by atoms with van der Waals surface area (Å²) in [5.74, 6) is 0.767. The second-order valence-corrected chi connectivity index (χ2v) is 3.89. The zero-order valence-electron chi connectivity index (χ0n) is 10.1. The molecule has 0 aliphatic heterocycles. The van der Waals surface area contributed by atoms with E-state index in [0.29, 0.717) is 11.5 Å². The number of esters is 1. The fraction of sp³-hybridized carbons (Fsp3) is 0.133. The van der Waals surface area contributed by atoms with Gasteiger partial charge < -0.3 is 9.47 Å². The smallest absolute Gasteiger partial charge is 0.349 e. The normalized spacial score (nSPS) is 9.83. The number of benzene rings is 2. The highest BCUT2D eigenvalue weighted by Gasteiger charge is 2.05. The van der Waals surface area contributed by atoms with Crippen molar-refractivity contribution in [1.29, 1.82) is 0 Å². The first kappa shape index (κ1) is 12.2. The van der Waals surface area contributed by atoms with Crippen LogP contribution in [0.2, 0.25) is 0 Å². The summed E-state index contributed by atoms with van der Waals surface area (Å²) in [5.41, 5.74) is 1.12. The Morgan fingerprint density at radius 3 is 2.28 bits per heavy atom. The molecule has 0 saturated heterocycles. The first-order chi connectivity index (χ1) is 8.74. The van der Waals surface area contributed by atoms with E-state index in [1.165, 1.54) is 0 Å². The minimum atomic E-state index is -0.414. The molecular weight excluding hydrogens is 228 g/mol. The summed E-state index contributed by atoms with van der Waals surface area (Å²) in [6, 6.07) is 16.5. The van der Waals surface area contributed by atoms with Crippen molar-refractivity contribution in [2.24, 2.45) is 0 Å². The molecule has 0 saturated carbocycles. The van der Waals surface area contributed by atoms with E-state index in [9.17, 15) is 4.79 Å². The Morgan fingerprint density at radius 1 is 0.944 bits per heavy atom. The lowest BCUT2D eigenvalue weighted by molar-refractivity contribution is -0.136. The number of carbonyl (C=O) groups is 1. The Kier molecular flexibility index (Phi) is 3.97. The monoisotopic (exact) mass is 242 g/mol. The molecule has 0 amide bonds. The summed E-state index contributed by atoms with van der Waals surface area (Å²) in [4.78, 5) is 11.5. The van der Waals surface area contributed by atoms with E-state index in [1.54, 1.807) is 24.3 Å². The van der Waals surface area contributed by atoms with Crippen LogP contribution in [0.5, 0.6) is 11.5 Å². The molecule has 3 nitrogen and oxygen atoms in total. The van der Waals surface area contributed by atoms with Crippen molar-refractivity contribution in [1.82, 2.24) is 0 Å². The second-order valence-electron chi connectivity index (χ2n) is 3.89. The summed E-state index contributed by atoms with van der Waals surface area (Å²) >= 11 is 0. The predicted molar refractivity (Wildman–Crippen MR) is 68.8 cm³/mol. The minimum absolute atomic E-state index is 0.0993. The van der Waals surface area contributed by atoms with Crippen molar-refractivity contribution < 1.29 is 14.3 Å². The molecule has 0 N–H and O–H groups in total. The molecule has 0 heterocycles. The molecule has 0 bridgehead atoms. The third-order valence-corrected chi connectivity index (χ3v) is 2.35. The van der Waals surface area contributed by atoms with Gasteiger partial charge in [0, 0.05) is 0 Å². The third kappa shape index (κ3) is 3.63. The van der Waals surface area contributed by atoms with Gasteiger partial charge in [0.05, 0.1) is 0 Å². The summed E-state index contributed by atoms with van der Waals surface area (Å²) in [7, 11) is 0. The minimum Gasteiger partial charge on any atom is -0.482 e.